The van der Waals surface area contributed by atoms with Gasteiger partial charge in [0.25, 0.3) is 0 Å². The fraction of sp³-hybridized carbons (Fsp3) is 0.176. The number of aromatic nitrogens is 2. The summed E-state index contributed by atoms with van der Waals surface area (Å²) >= 11 is 0. The van der Waals surface area contributed by atoms with Crippen LogP contribution in [0.25, 0.3) is 16.7 Å². The van der Waals surface area contributed by atoms with Crippen LogP contribution >= 0.6 is 0 Å². The molecule has 5 nitrogen and oxygen atoms in total. The molecule has 0 aliphatic heterocycles. The Morgan fingerprint density at radius 1 is 1.23 bits per heavy atom. The molecule has 0 amide bonds. The van der Waals surface area contributed by atoms with E-state index < -0.39 is 5.97 Å². The Morgan fingerprint density at radius 2 is 2.00 bits per heavy atom. The molecule has 0 aliphatic carbocycles. The number of carbonyl (C=O) groups is 1. The molecular weight excluding hydrogens is 280 g/mol. The fourth-order valence-corrected chi connectivity index (χ4v) is 2.70. The lowest BCUT2D eigenvalue weighted by molar-refractivity contribution is 0.0696. The quantitative estimate of drug-likeness (QED) is 0.805. The van der Waals surface area contributed by atoms with E-state index in [2.05, 4.69) is 4.98 Å². The smallest absolute Gasteiger partial charge is 0.336 e. The molecule has 1 aromatic heterocycles. The van der Waals surface area contributed by atoms with E-state index >= 15 is 0 Å². The van der Waals surface area contributed by atoms with Gasteiger partial charge in [0.05, 0.1) is 29.4 Å². The van der Waals surface area contributed by atoms with Gasteiger partial charge >= 0.3 is 5.97 Å². The fourth-order valence-electron chi connectivity index (χ4n) is 2.70. The van der Waals surface area contributed by atoms with Gasteiger partial charge in [0, 0.05) is 6.07 Å². The predicted octanol–water partition coefficient (Wildman–Crippen LogP) is 3.35. The summed E-state index contributed by atoms with van der Waals surface area (Å²) in [7, 11) is 1.62. The lowest BCUT2D eigenvalue weighted by Crippen LogP contribution is -2.06. The zero-order valence-corrected chi connectivity index (χ0v) is 12.6. The zero-order valence-electron chi connectivity index (χ0n) is 12.6. The van der Waals surface area contributed by atoms with E-state index in [4.69, 9.17) is 4.74 Å². The van der Waals surface area contributed by atoms with Gasteiger partial charge in [-0.15, -0.1) is 0 Å². The predicted molar refractivity (Wildman–Crippen MR) is 84.1 cm³/mol. The highest BCUT2D eigenvalue weighted by atomic mass is 16.5. The second kappa shape index (κ2) is 5.18. The van der Waals surface area contributed by atoms with Crippen LogP contribution in [0.4, 0.5) is 0 Å². The summed E-state index contributed by atoms with van der Waals surface area (Å²) in [6.45, 7) is 3.71. The number of carboxylic acids is 1. The monoisotopic (exact) mass is 296 g/mol. The normalized spacial score (nSPS) is 10.9. The van der Waals surface area contributed by atoms with Crippen molar-refractivity contribution in [1.29, 1.82) is 0 Å². The molecule has 1 heterocycles. The van der Waals surface area contributed by atoms with Crippen LogP contribution in [-0.4, -0.2) is 27.7 Å². The Balaban J connectivity index is 2.33. The zero-order chi connectivity index (χ0) is 15.9. The van der Waals surface area contributed by atoms with Crippen LogP contribution < -0.4 is 4.74 Å². The van der Waals surface area contributed by atoms with Crippen molar-refractivity contribution in [2.75, 3.05) is 7.11 Å². The topological polar surface area (TPSA) is 64.4 Å². The number of methoxy groups -OCH3 is 1. The maximum absolute atomic E-state index is 11.3. The van der Waals surface area contributed by atoms with Crippen molar-refractivity contribution in [3.8, 4) is 11.4 Å². The number of hydrogen-bond donors (Lipinski definition) is 1. The van der Waals surface area contributed by atoms with Gasteiger partial charge in [-0.3, -0.25) is 4.57 Å². The Hall–Kier alpha value is -2.82. The lowest BCUT2D eigenvalue weighted by atomic mass is 10.1. The van der Waals surface area contributed by atoms with Gasteiger partial charge < -0.3 is 9.84 Å². The molecule has 0 unspecified atom stereocenters. The number of imidazole rings is 1. The summed E-state index contributed by atoms with van der Waals surface area (Å²) in [6.07, 6.45) is 0. The van der Waals surface area contributed by atoms with Crippen LogP contribution in [0, 0.1) is 13.8 Å². The third-order valence-electron chi connectivity index (χ3n) is 3.81. The van der Waals surface area contributed by atoms with Crippen molar-refractivity contribution in [3.05, 3.63) is 53.3 Å². The number of benzene rings is 2. The van der Waals surface area contributed by atoms with Crippen LogP contribution in [0.15, 0.2) is 36.4 Å². The van der Waals surface area contributed by atoms with Gasteiger partial charge in [0.15, 0.2) is 0 Å². The SMILES string of the molecule is COc1ccc2nc(C)n(-c3cccc(C(=O)O)c3C)c2c1. The van der Waals surface area contributed by atoms with Gasteiger partial charge in [-0.2, -0.15) is 0 Å². The number of hydrogen-bond acceptors (Lipinski definition) is 3. The van der Waals surface area contributed by atoms with Gasteiger partial charge in [0.2, 0.25) is 0 Å². The first kappa shape index (κ1) is 14.1. The third-order valence-corrected chi connectivity index (χ3v) is 3.81. The summed E-state index contributed by atoms with van der Waals surface area (Å²) in [5, 5.41) is 9.31. The molecule has 22 heavy (non-hydrogen) atoms. The van der Waals surface area contributed by atoms with Crippen molar-refractivity contribution in [3.63, 3.8) is 0 Å². The number of nitrogens with zero attached hydrogens (tertiary/aromatic N) is 2. The second-order valence-electron chi connectivity index (χ2n) is 5.10. The highest BCUT2D eigenvalue weighted by Crippen LogP contribution is 2.27. The number of fused-ring (bicyclic) bond motifs is 1. The highest BCUT2D eigenvalue weighted by Gasteiger charge is 2.16. The first-order valence-electron chi connectivity index (χ1n) is 6.89. The molecule has 2 aromatic carbocycles. The molecule has 0 saturated carbocycles. The number of aryl methyl sites for hydroxylation is 1. The van der Waals surface area contributed by atoms with Crippen LogP contribution in [-0.2, 0) is 0 Å². The molecule has 0 atom stereocenters. The van der Waals surface area contributed by atoms with E-state index in [0.717, 1.165) is 28.3 Å². The van der Waals surface area contributed by atoms with E-state index in [9.17, 15) is 9.90 Å². The maximum atomic E-state index is 11.3. The summed E-state index contributed by atoms with van der Waals surface area (Å²) in [5.74, 6) is 0.605. The Bertz CT molecular complexity index is 881. The molecule has 0 aliphatic rings. The van der Waals surface area contributed by atoms with Crippen LogP contribution in [0.5, 0.6) is 5.75 Å². The van der Waals surface area contributed by atoms with Gasteiger partial charge in [-0.05, 0) is 43.7 Å². The minimum atomic E-state index is -0.931. The van der Waals surface area contributed by atoms with E-state index in [-0.39, 0.29) is 0 Å². The third kappa shape index (κ3) is 2.11. The molecule has 3 aromatic rings. The van der Waals surface area contributed by atoms with Crippen molar-refractivity contribution < 1.29 is 14.6 Å². The minimum absolute atomic E-state index is 0.293. The van der Waals surface area contributed by atoms with Crippen molar-refractivity contribution >= 4 is 17.0 Å². The van der Waals surface area contributed by atoms with Crippen molar-refractivity contribution in [1.82, 2.24) is 9.55 Å². The Kier molecular flexibility index (Phi) is 3.33. The lowest BCUT2D eigenvalue weighted by Gasteiger charge is -2.12. The number of ether oxygens (including phenoxy) is 1. The standard InChI is InChI=1S/C17H16N2O3/c1-10-13(17(20)21)5-4-6-15(10)19-11(2)18-14-8-7-12(22-3)9-16(14)19/h4-9H,1-3H3,(H,20,21). The summed E-state index contributed by atoms with van der Waals surface area (Å²) in [4.78, 5) is 15.9. The van der Waals surface area contributed by atoms with Crippen LogP contribution in [0.2, 0.25) is 0 Å². The molecule has 5 heteroatoms. The molecule has 0 bridgehead atoms. The maximum Gasteiger partial charge on any atom is 0.336 e. The second-order valence-corrected chi connectivity index (χ2v) is 5.10. The van der Waals surface area contributed by atoms with E-state index in [1.54, 1.807) is 19.2 Å². The summed E-state index contributed by atoms with van der Waals surface area (Å²) in [5.41, 5.74) is 3.55. The molecule has 1 N–H and O–H groups in total. The van der Waals surface area contributed by atoms with Crippen LogP contribution in [0.1, 0.15) is 21.7 Å². The molecule has 0 spiro atoms. The molecular formula is C17H16N2O3. The van der Waals surface area contributed by atoms with Gasteiger partial charge in [-0.1, -0.05) is 6.07 Å². The van der Waals surface area contributed by atoms with Gasteiger partial charge in [0.1, 0.15) is 11.6 Å². The number of rotatable bonds is 3. The summed E-state index contributed by atoms with van der Waals surface area (Å²) < 4.78 is 7.24. The average Bonchev–Trinajstić information content (AvgIpc) is 2.82. The van der Waals surface area contributed by atoms with E-state index in [1.807, 2.05) is 42.7 Å². The molecule has 112 valence electrons. The first-order chi connectivity index (χ1) is 10.5. The van der Waals surface area contributed by atoms with E-state index in [1.165, 1.54) is 0 Å². The molecule has 0 fully saturated rings. The van der Waals surface area contributed by atoms with Crippen molar-refractivity contribution in [2.45, 2.75) is 13.8 Å². The number of carboxylic acid groups (broad SMARTS) is 1. The Morgan fingerprint density at radius 3 is 2.68 bits per heavy atom. The highest BCUT2D eigenvalue weighted by molar-refractivity contribution is 5.91. The number of aromatic carboxylic acids is 1. The largest absolute Gasteiger partial charge is 0.497 e. The van der Waals surface area contributed by atoms with Crippen molar-refractivity contribution in [2.24, 2.45) is 0 Å². The molecule has 0 radical (unpaired) electrons. The van der Waals surface area contributed by atoms with Gasteiger partial charge in [-0.25, -0.2) is 9.78 Å². The molecule has 0 saturated heterocycles. The molecule has 3 rings (SSSR count). The van der Waals surface area contributed by atoms with E-state index in [0.29, 0.717) is 11.1 Å². The van der Waals surface area contributed by atoms with Crippen LogP contribution in [0.3, 0.4) is 0 Å². The minimum Gasteiger partial charge on any atom is -0.497 e. The summed E-state index contributed by atoms with van der Waals surface area (Å²) in [6, 6.07) is 10.9. The average molecular weight is 296 g/mol. The first-order valence-corrected chi connectivity index (χ1v) is 6.89. The Labute approximate surface area is 127 Å².